The maximum absolute atomic E-state index is 12.9. The van der Waals surface area contributed by atoms with E-state index in [0.717, 1.165) is 11.1 Å². The van der Waals surface area contributed by atoms with Crippen LogP contribution in [-0.2, 0) is 14.3 Å². The molecule has 0 aromatic heterocycles. The highest BCUT2D eigenvalue weighted by Crippen LogP contribution is 2.39. The van der Waals surface area contributed by atoms with Crippen molar-refractivity contribution in [1.82, 2.24) is 10.2 Å². The summed E-state index contributed by atoms with van der Waals surface area (Å²) < 4.78 is 10.4. The summed E-state index contributed by atoms with van der Waals surface area (Å²) in [5.74, 6) is -0.534. The number of carbonyl (C=O) groups excluding carboxylic acids is 4. The van der Waals surface area contributed by atoms with Gasteiger partial charge in [-0.15, -0.1) is 0 Å². The van der Waals surface area contributed by atoms with E-state index < -0.39 is 12.2 Å². The molecule has 0 saturated heterocycles. The number of benzene rings is 2. The van der Waals surface area contributed by atoms with E-state index in [-0.39, 0.29) is 37.0 Å². The average Bonchev–Trinajstić information content (AvgIpc) is 2.86. The van der Waals surface area contributed by atoms with Gasteiger partial charge in [-0.2, -0.15) is 0 Å². The van der Waals surface area contributed by atoms with Gasteiger partial charge in [0.1, 0.15) is 0 Å². The zero-order valence-electron chi connectivity index (χ0n) is 21.4. The molecule has 1 unspecified atom stereocenters. The molecule has 3 rings (SSSR count). The Labute approximate surface area is 210 Å². The molecule has 0 spiro atoms. The first-order valence-corrected chi connectivity index (χ1v) is 11.6. The topological polar surface area (TPSA) is 108 Å². The first-order chi connectivity index (χ1) is 17.1. The molecule has 0 saturated carbocycles. The molecule has 1 aliphatic heterocycles. The summed E-state index contributed by atoms with van der Waals surface area (Å²) in [6.45, 7) is 5.58. The number of rotatable bonds is 5. The van der Waals surface area contributed by atoms with Crippen LogP contribution in [0.25, 0.3) is 11.1 Å². The first-order valence-electron chi connectivity index (χ1n) is 11.6. The molecule has 0 radical (unpaired) electrons. The van der Waals surface area contributed by atoms with E-state index >= 15 is 0 Å². The molecule has 36 heavy (non-hydrogen) atoms. The smallest absolute Gasteiger partial charge is 0.414 e. The SMILES string of the molecule is CNC(=O)CN(C)C(=O)c1ccc(-c2ccc3c(c2)N(C(=O)OC(C)C)CC(C)N3C(=O)OC)cc1. The van der Waals surface area contributed by atoms with Crippen molar-refractivity contribution in [3.63, 3.8) is 0 Å². The largest absolute Gasteiger partial charge is 0.452 e. The average molecular weight is 497 g/mol. The predicted molar refractivity (Wildman–Crippen MR) is 136 cm³/mol. The minimum absolute atomic E-state index is 0.0423. The van der Waals surface area contributed by atoms with Crippen molar-refractivity contribution < 1.29 is 28.7 Å². The van der Waals surface area contributed by atoms with Gasteiger partial charge in [0.2, 0.25) is 5.91 Å². The molecule has 1 aliphatic rings. The lowest BCUT2D eigenvalue weighted by atomic mass is 10.00. The molecule has 2 aromatic carbocycles. The monoisotopic (exact) mass is 496 g/mol. The minimum atomic E-state index is -0.517. The van der Waals surface area contributed by atoms with Crippen LogP contribution in [0.1, 0.15) is 31.1 Å². The summed E-state index contributed by atoms with van der Waals surface area (Å²) >= 11 is 0. The number of anilines is 2. The maximum atomic E-state index is 12.9. The van der Waals surface area contributed by atoms with Crippen molar-refractivity contribution in [3.05, 3.63) is 48.0 Å². The van der Waals surface area contributed by atoms with Crippen molar-refractivity contribution in [1.29, 1.82) is 0 Å². The normalized spacial score (nSPS) is 14.7. The molecule has 1 N–H and O–H groups in total. The third-order valence-corrected chi connectivity index (χ3v) is 5.81. The third kappa shape index (κ3) is 5.59. The standard InChI is InChI=1S/C26H32N4O6/c1-16(2)36-25(33)29-14-17(3)30(26(34)35-6)21-12-11-20(13-22(21)29)18-7-9-19(10-8-18)24(32)28(5)15-23(31)27-4/h7-13,16-17H,14-15H2,1-6H3,(H,27,31). The summed E-state index contributed by atoms with van der Waals surface area (Å²) in [7, 11) is 4.40. The van der Waals surface area contributed by atoms with Gasteiger partial charge in [-0.3, -0.25) is 19.4 Å². The van der Waals surface area contributed by atoms with Crippen LogP contribution in [0.2, 0.25) is 0 Å². The lowest BCUT2D eigenvalue weighted by Crippen LogP contribution is -2.52. The molecule has 0 fully saturated rings. The van der Waals surface area contributed by atoms with E-state index in [1.165, 1.54) is 28.9 Å². The minimum Gasteiger partial charge on any atom is -0.452 e. The van der Waals surface area contributed by atoms with Crippen molar-refractivity contribution in [2.75, 3.05) is 44.1 Å². The van der Waals surface area contributed by atoms with Crippen LogP contribution in [0, 0.1) is 0 Å². The van der Waals surface area contributed by atoms with E-state index in [2.05, 4.69) is 5.32 Å². The number of hydrogen-bond donors (Lipinski definition) is 1. The quantitative estimate of drug-likeness (QED) is 0.679. The summed E-state index contributed by atoms with van der Waals surface area (Å²) in [5, 5.41) is 2.49. The molecule has 2 aromatic rings. The predicted octanol–water partition coefficient (Wildman–Crippen LogP) is 3.50. The summed E-state index contributed by atoms with van der Waals surface area (Å²) in [6.07, 6.45) is -1.32. The highest BCUT2D eigenvalue weighted by atomic mass is 16.6. The van der Waals surface area contributed by atoms with E-state index in [1.54, 1.807) is 51.2 Å². The molecule has 1 atom stereocenters. The molecule has 10 heteroatoms. The summed E-state index contributed by atoms with van der Waals surface area (Å²) in [5.41, 5.74) is 3.09. The second-order valence-corrected chi connectivity index (χ2v) is 8.85. The number of amides is 4. The molecule has 10 nitrogen and oxygen atoms in total. The van der Waals surface area contributed by atoms with Crippen LogP contribution < -0.4 is 15.1 Å². The molecule has 1 heterocycles. The van der Waals surface area contributed by atoms with Crippen molar-refractivity contribution in [2.45, 2.75) is 32.9 Å². The van der Waals surface area contributed by atoms with Crippen LogP contribution in [0.4, 0.5) is 21.0 Å². The lowest BCUT2D eigenvalue weighted by molar-refractivity contribution is -0.121. The van der Waals surface area contributed by atoms with Crippen LogP contribution in [0.5, 0.6) is 0 Å². The van der Waals surface area contributed by atoms with E-state index in [1.807, 2.05) is 19.1 Å². The third-order valence-electron chi connectivity index (χ3n) is 5.81. The second kappa shape index (κ2) is 11.1. The summed E-state index contributed by atoms with van der Waals surface area (Å²) in [6, 6.07) is 12.1. The number of likely N-dealkylation sites (N-methyl/N-ethyl adjacent to an activating group) is 2. The molecule has 0 aliphatic carbocycles. The number of hydrogen-bond acceptors (Lipinski definition) is 6. The first kappa shape index (κ1) is 26.5. The summed E-state index contributed by atoms with van der Waals surface area (Å²) in [4.78, 5) is 54.0. The highest BCUT2D eigenvalue weighted by molar-refractivity contribution is 6.02. The van der Waals surface area contributed by atoms with Gasteiger partial charge in [0, 0.05) is 19.7 Å². The van der Waals surface area contributed by atoms with E-state index in [4.69, 9.17) is 9.47 Å². The van der Waals surface area contributed by atoms with Crippen molar-refractivity contribution >= 4 is 35.4 Å². The fourth-order valence-corrected chi connectivity index (χ4v) is 4.01. The Morgan fingerprint density at radius 3 is 2.25 bits per heavy atom. The van der Waals surface area contributed by atoms with Gasteiger partial charge < -0.3 is 19.7 Å². The van der Waals surface area contributed by atoms with Gasteiger partial charge >= 0.3 is 12.2 Å². The Morgan fingerprint density at radius 1 is 1.03 bits per heavy atom. The zero-order chi connectivity index (χ0) is 26.6. The van der Waals surface area contributed by atoms with E-state index in [9.17, 15) is 19.2 Å². The van der Waals surface area contributed by atoms with Crippen LogP contribution >= 0.6 is 0 Å². The number of ether oxygens (including phenoxy) is 2. The Hall–Kier alpha value is -4.08. The Balaban J connectivity index is 1.96. The fraction of sp³-hybridized carbons (Fsp3) is 0.385. The number of nitrogens with one attached hydrogen (secondary N) is 1. The van der Waals surface area contributed by atoms with E-state index in [0.29, 0.717) is 16.9 Å². The lowest BCUT2D eigenvalue weighted by Gasteiger charge is -2.40. The molecular formula is C26H32N4O6. The second-order valence-electron chi connectivity index (χ2n) is 8.85. The van der Waals surface area contributed by atoms with Gasteiger partial charge in [0.25, 0.3) is 5.91 Å². The van der Waals surface area contributed by atoms with Gasteiger partial charge in [-0.05, 0) is 56.2 Å². The van der Waals surface area contributed by atoms with Crippen LogP contribution in [0.3, 0.4) is 0 Å². The van der Waals surface area contributed by atoms with Crippen molar-refractivity contribution in [3.8, 4) is 11.1 Å². The molecule has 0 bridgehead atoms. The van der Waals surface area contributed by atoms with Crippen molar-refractivity contribution in [2.24, 2.45) is 0 Å². The number of carbonyl (C=O) groups is 4. The zero-order valence-corrected chi connectivity index (χ0v) is 21.4. The number of methoxy groups -OCH3 is 1. The highest BCUT2D eigenvalue weighted by Gasteiger charge is 2.36. The number of nitrogens with zero attached hydrogens (tertiary/aromatic N) is 3. The molecule has 4 amide bonds. The number of fused-ring (bicyclic) bond motifs is 1. The molecular weight excluding hydrogens is 464 g/mol. The fourth-order valence-electron chi connectivity index (χ4n) is 4.01. The Morgan fingerprint density at radius 2 is 1.67 bits per heavy atom. The van der Waals surface area contributed by atoms with Crippen LogP contribution in [0.15, 0.2) is 42.5 Å². The molecule has 192 valence electrons. The van der Waals surface area contributed by atoms with Gasteiger partial charge in [-0.25, -0.2) is 9.59 Å². The Kier molecular flexibility index (Phi) is 8.18. The van der Waals surface area contributed by atoms with Gasteiger partial charge in [0.05, 0.1) is 43.7 Å². The van der Waals surface area contributed by atoms with Crippen LogP contribution in [-0.4, -0.2) is 75.3 Å². The Bertz CT molecular complexity index is 1150. The maximum Gasteiger partial charge on any atom is 0.414 e. The van der Waals surface area contributed by atoms with Gasteiger partial charge in [-0.1, -0.05) is 18.2 Å². The van der Waals surface area contributed by atoms with Gasteiger partial charge in [0.15, 0.2) is 0 Å².